The van der Waals surface area contributed by atoms with Gasteiger partial charge in [-0.3, -0.25) is 4.79 Å². The number of hydrogen-bond donors (Lipinski definition) is 4. The van der Waals surface area contributed by atoms with Crippen molar-refractivity contribution in [3.8, 4) is 0 Å². The van der Waals surface area contributed by atoms with Crippen molar-refractivity contribution in [3.63, 3.8) is 0 Å². The van der Waals surface area contributed by atoms with E-state index in [0.29, 0.717) is 31.3 Å². The highest BCUT2D eigenvalue weighted by Crippen LogP contribution is 2.36. The lowest BCUT2D eigenvalue weighted by atomic mass is 10.1. The molecule has 1 saturated carbocycles. The number of carbonyl (C=O) groups is 1. The third-order valence-electron chi connectivity index (χ3n) is 4.30. The quantitative estimate of drug-likeness (QED) is 0.354. The molecule has 3 unspecified atom stereocenters. The van der Waals surface area contributed by atoms with E-state index < -0.39 is 11.0 Å². The number of nitrogens with one attached hydrogen (secondary N) is 1. The lowest BCUT2D eigenvalue weighted by Crippen LogP contribution is -2.42. The minimum atomic E-state index is -1.09. The van der Waals surface area contributed by atoms with Crippen LogP contribution in [0, 0.1) is 11.8 Å². The van der Waals surface area contributed by atoms with Crippen molar-refractivity contribution in [1.29, 1.82) is 0 Å². The van der Waals surface area contributed by atoms with Crippen molar-refractivity contribution >= 4 is 16.9 Å². The molecular formula is C15H27N5O2S. The molecule has 0 aromatic heterocycles. The van der Waals surface area contributed by atoms with Crippen LogP contribution in [0.1, 0.15) is 19.8 Å². The van der Waals surface area contributed by atoms with Gasteiger partial charge in [0.2, 0.25) is 0 Å². The molecule has 7 nitrogen and oxygen atoms in total. The summed E-state index contributed by atoms with van der Waals surface area (Å²) < 4.78 is 13.9. The van der Waals surface area contributed by atoms with Gasteiger partial charge in [0.25, 0.3) is 5.91 Å². The Bertz CT molecular complexity index is 530. The van der Waals surface area contributed by atoms with E-state index in [2.05, 4.69) is 5.32 Å². The average Bonchev–Trinajstić information content (AvgIpc) is 3.29. The van der Waals surface area contributed by atoms with Crippen molar-refractivity contribution in [2.75, 3.05) is 25.4 Å². The smallest absolute Gasteiger partial charge is 0.267 e. The lowest BCUT2D eigenvalue weighted by molar-refractivity contribution is -0.118. The molecule has 7 N–H and O–H groups in total. The number of amides is 1. The molecule has 23 heavy (non-hydrogen) atoms. The lowest BCUT2D eigenvalue weighted by Gasteiger charge is -2.17. The average molecular weight is 341 g/mol. The molecular weight excluding hydrogens is 314 g/mol. The fourth-order valence-corrected chi connectivity index (χ4v) is 3.91. The molecule has 2 aliphatic rings. The Morgan fingerprint density at radius 3 is 2.65 bits per heavy atom. The molecule has 0 bridgehead atoms. The van der Waals surface area contributed by atoms with Crippen molar-refractivity contribution in [2.45, 2.75) is 25.8 Å². The van der Waals surface area contributed by atoms with Gasteiger partial charge in [-0.25, -0.2) is 8.51 Å². The van der Waals surface area contributed by atoms with Gasteiger partial charge in [0.1, 0.15) is 0 Å². The standard InChI is InChI=1S/C15H27N5O2S/c1-10-8-20(23(22)5-4-16)9-14(10)19-15(21)13(18)6-12(7-17)11-2-3-11/h6-7,10-11,14H,2-5,8-9,16-18H2,1H3,(H,19,21)/b12-7+,13-6-. The first-order valence-corrected chi connectivity index (χ1v) is 9.27. The molecule has 1 amide bonds. The molecule has 0 spiro atoms. The maximum atomic E-state index is 12.3. The molecule has 1 aliphatic heterocycles. The Morgan fingerprint density at radius 2 is 2.09 bits per heavy atom. The van der Waals surface area contributed by atoms with E-state index in [0.717, 1.165) is 18.4 Å². The van der Waals surface area contributed by atoms with Gasteiger partial charge in [-0.1, -0.05) is 6.92 Å². The Hall–Kier alpha value is -1.38. The Balaban J connectivity index is 1.92. The third-order valence-corrected chi connectivity index (χ3v) is 5.76. The summed E-state index contributed by atoms with van der Waals surface area (Å²) in [5, 5.41) is 2.94. The Morgan fingerprint density at radius 1 is 1.39 bits per heavy atom. The number of rotatable bonds is 7. The molecule has 2 fully saturated rings. The van der Waals surface area contributed by atoms with E-state index in [1.165, 1.54) is 6.20 Å². The van der Waals surface area contributed by atoms with Gasteiger partial charge in [-0.15, -0.1) is 0 Å². The summed E-state index contributed by atoms with van der Waals surface area (Å²) in [6.45, 7) is 3.64. The highest BCUT2D eigenvalue weighted by atomic mass is 32.2. The predicted octanol–water partition coefficient (Wildman–Crippen LogP) is -0.859. The zero-order valence-electron chi connectivity index (χ0n) is 13.5. The summed E-state index contributed by atoms with van der Waals surface area (Å²) in [7, 11) is -1.09. The second-order valence-electron chi connectivity index (χ2n) is 6.26. The van der Waals surface area contributed by atoms with Crippen LogP contribution in [0.4, 0.5) is 0 Å². The van der Waals surface area contributed by atoms with Crippen molar-refractivity contribution in [2.24, 2.45) is 29.0 Å². The molecule has 1 saturated heterocycles. The molecule has 0 aromatic rings. The monoisotopic (exact) mass is 341 g/mol. The molecule has 0 radical (unpaired) electrons. The van der Waals surface area contributed by atoms with Crippen LogP contribution >= 0.6 is 0 Å². The summed E-state index contributed by atoms with van der Waals surface area (Å²) in [5.41, 5.74) is 18.0. The van der Waals surface area contributed by atoms with Crippen LogP contribution in [0.5, 0.6) is 0 Å². The first kappa shape index (κ1) is 18.0. The second kappa shape index (κ2) is 7.94. The van der Waals surface area contributed by atoms with Gasteiger partial charge < -0.3 is 22.5 Å². The normalized spacial score (nSPS) is 27.9. The number of nitrogens with zero attached hydrogens (tertiary/aromatic N) is 1. The van der Waals surface area contributed by atoms with Crippen LogP contribution in [0.25, 0.3) is 0 Å². The van der Waals surface area contributed by atoms with Crippen LogP contribution in [0.15, 0.2) is 23.5 Å². The first-order chi connectivity index (χ1) is 11.0. The van der Waals surface area contributed by atoms with Crippen LogP contribution in [-0.2, 0) is 15.8 Å². The summed E-state index contributed by atoms with van der Waals surface area (Å²) in [6.07, 6.45) is 5.37. The summed E-state index contributed by atoms with van der Waals surface area (Å²) in [4.78, 5) is 12.3. The van der Waals surface area contributed by atoms with E-state index in [1.807, 2.05) is 11.2 Å². The fraction of sp³-hybridized carbons (Fsp3) is 0.667. The van der Waals surface area contributed by atoms with Gasteiger partial charge in [-0.2, -0.15) is 0 Å². The van der Waals surface area contributed by atoms with E-state index in [9.17, 15) is 9.00 Å². The number of allylic oxidation sites excluding steroid dienone is 2. The minimum Gasteiger partial charge on any atom is -0.404 e. The third kappa shape index (κ3) is 4.79. The molecule has 8 heteroatoms. The van der Waals surface area contributed by atoms with Gasteiger partial charge in [0.05, 0.1) is 22.4 Å². The zero-order chi connectivity index (χ0) is 17.0. The minimum absolute atomic E-state index is 0.0672. The SMILES string of the molecule is CC1CN(S(=O)CCN)CC1NC(=O)/C(N)=C/C(=C\N)C1CC1. The number of carbonyl (C=O) groups excluding carboxylic acids is 1. The van der Waals surface area contributed by atoms with E-state index in [-0.39, 0.29) is 23.6 Å². The van der Waals surface area contributed by atoms with Crippen molar-refractivity contribution < 1.29 is 9.00 Å². The fourth-order valence-electron chi connectivity index (χ4n) is 2.72. The van der Waals surface area contributed by atoms with Gasteiger partial charge in [0.15, 0.2) is 0 Å². The highest BCUT2D eigenvalue weighted by molar-refractivity contribution is 7.82. The molecule has 130 valence electrons. The van der Waals surface area contributed by atoms with Crippen molar-refractivity contribution in [3.05, 3.63) is 23.5 Å². The molecule has 2 rings (SSSR count). The molecule has 1 heterocycles. The van der Waals surface area contributed by atoms with E-state index >= 15 is 0 Å². The van der Waals surface area contributed by atoms with Crippen LogP contribution < -0.4 is 22.5 Å². The molecule has 3 atom stereocenters. The highest BCUT2D eigenvalue weighted by Gasteiger charge is 2.33. The maximum absolute atomic E-state index is 12.3. The predicted molar refractivity (Wildman–Crippen MR) is 92.0 cm³/mol. The van der Waals surface area contributed by atoms with Crippen LogP contribution in [-0.4, -0.2) is 45.9 Å². The molecule has 0 aromatic carbocycles. The van der Waals surface area contributed by atoms with Crippen LogP contribution in [0.3, 0.4) is 0 Å². The molecule has 1 aliphatic carbocycles. The second-order valence-corrected chi connectivity index (χ2v) is 7.83. The van der Waals surface area contributed by atoms with Gasteiger partial charge in [-0.05, 0) is 42.5 Å². The van der Waals surface area contributed by atoms with Gasteiger partial charge in [0, 0.05) is 25.7 Å². The zero-order valence-corrected chi connectivity index (χ0v) is 14.3. The first-order valence-electron chi connectivity index (χ1n) is 7.99. The summed E-state index contributed by atoms with van der Waals surface area (Å²) in [5.74, 6) is 0.794. The number of nitrogens with two attached hydrogens (primary N) is 3. The largest absolute Gasteiger partial charge is 0.404 e. The summed E-state index contributed by atoms with van der Waals surface area (Å²) >= 11 is 0. The van der Waals surface area contributed by atoms with Gasteiger partial charge >= 0.3 is 0 Å². The Labute approximate surface area is 139 Å². The summed E-state index contributed by atoms with van der Waals surface area (Å²) in [6, 6.07) is -0.0672. The maximum Gasteiger partial charge on any atom is 0.267 e. The van der Waals surface area contributed by atoms with E-state index in [1.54, 1.807) is 6.08 Å². The topological polar surface area (TPSA) is 127 Å². The van der Waals surface area contributed by atoms with Crippen molar-refractivity contribution in [1.82, 2.24) is 9.62 Å². The number of hydrogen-bond acceptors (Lipinski definition) is 5. The Kier molecular flexibility index (Phi) is 6.20. The van der Waals surface area contributed by atoms with Crippen LogP contribution in [0.2, 0.25) is 0 Å². The van der Waals surface area contributed by atoms with E-state index in [4.69, 9.17) is 17.2 Å².